The lowest BCUT2D eigenvalue weighted by molar-refractivity contribution is -0.153. The number of esters is 2. The smallest absolute Gasteiger partial charge is 0.312 e. The Morgan fingerprint density at radius 2 is 1.16 bits per heavy atom. The SMILES string of the molecule is CCCCCCCCCSC(=O)C(C)(C)CCCCCC(CCCCCC(C)(C)C(=O)OCC#CCCC(CCCC)CCCC)OC(=O)CCCN(C)C. The van der Waals surface area contributed by atoms with Crippen molar-refractivity contribution in [1.82, 2.24) is 4.90 Å². The van der Waals surface area contributed by atoms with Crippen LogP contribution in [0.3, 0.4) is 0 Å². The van der Waals surface area contributed by atoms with Crippen LogP contribution in [-0.2, 0) is 23.9 Å². The Morgan fingerprint density at radius 1 is 0.618 bits per heavy atom. The zero-order valence-corrected chi connectivity index (χ0v) is 38.6. The molecular formula is C48H89NO5S. The summed E-state index contributed by atoms with van der Waals surface area (Å²) in [6.45, 7) is 15.9. The molecule has 7 heteroatoms. The lowest BCUT2D eigenvalue weighted by Crippen LogP contribution is -2.26. The third-order valence-electron chi connectivity index (χ3n) is 11.0. The van der Waals surface area contributed by atoms with Gasteiger partial charge in [-0.25, -0.2) is 0 Å². The van der Waals surface area contributed by atoms with E-state index >= 15 is 0 Å². The van der Waals surface area contributed by atoms with Crippen LogP contribution in [0.1, 0.15) is 222 Å². The molecule has 0 fully saturated rings. The van der Waals surface area contributed by atoms with E-state index in [-0.39, 0.29) is 30.1 Å². The van der Waals surface area contributed by atoms with Crippen LogP contribution < -0.4 is 0 Å². The third kappa shape index (κ3) is 31.2. The van der Waals surface area contributed by atoms with E-state index in [2.05, 4.69) is 51.4 Å². The van der Waals surface area contributed by atoms with E-state index in [0.29, 0.717) is 11.5 Å². The summed E-state index contributed by atoms with van der Waals surface area (Å²) in [5.41, 5.74) is -0.851. The minimum Gasteiger partial charge on any atom is -0.462 e. The van der Waals surface area contributed by atoms with E-state index in [1.165, 1.54) is 88.8 Å². The minimum atomic E-state index is -0.549. The maximum absolute atomic E-state index is 13.0. The summed E-state index contributed by atoms with van der Waals surface area (Å²) in [4.78, 5) is 40.6. The van der Waals surface area contributed by atoms with Gasteiger partial charge in [0.15, 0.2) is 11.7 Å². The number of carbonyl (C=O) groups excluding carboxylic acids is 3. The molecule has 0 saturated heterocycles. The van der Waals surface area contributed by atoms with Gasteiger partial charge in [-0.15, -0.1) is 0 Å². The minimum absolute atomic E-state index is 0.0795. The molecule has 0 rings (SSSR count). The highest BCUT2D eigenvalue weighted by molar-refractivity contribution is 8.13. The zero-order chi connectivity index (χ0) is 41.2. The van der Waals surface area contributed by atoms with Crippen molar-refractivity contribution in [2.24, 2.45) is 16.7 Å². The van der Waals surface area contributed by atoms with Crippen LogP contribution in [0.25, 0.3) is 0 Å². The van der Waals surface area contributed by atoms with Crippen molar-refractivity contribution in [3.63, 3.8) is 0 Å². The summed E-state index contributed by atoms with van der Waals surface area (Å²) >= 11 is 1.53. The summed E-state index contributed by atoms with van der Waals surface area (Å²) in [6, 6.07) is 0. The second kappa shape index (κ2) is 34.5. The first-order valence-electron chi connectivity index (χ1n) is 22.9. The molecule has 0 amide bonds. The van der Waals surface area contributed by atoms with Crippen LogP contribution in [-0.4, -0.2) is 61.1 Å². The lowest BCUT2D eigenvalue weighted by atomic mass is 9.86. The van der Waals surface area contributed by atoms with Crippen molar-refractivity contribution in [1.29, 1.82) is 0 Å². The summed E-state index contributed by atoms with van der Waals surface area (Å²) in [6.07, 6.45) is 29.0. The molecule has 322 valence electrons. The summed E-state index contributed by atoms with van der Waals surface area (Å²) in [5, 5.41) is 0.326. The number of hydrogen-bond donors (Lipinski definition) is 0. The third-order valence-corrected chi connectivity index (χ3v) is 12.3. The Hall–Kier alpha value is -1.52. The summed E-state index contributed by atoms with van der Waals surface area (Å²) in [5.74, 6) is 7.75. The quantitative estimate of drug-likeness (QED) is 0.0355. The molecule has 0 saturated carbocycles. The van der Waals surface area contributed by atoms with Gasteiger partial charge in [0.1, 0.15) is 6.10 Å². The van der Waals surface area contributed by atoms with Gasteiger partial charge < -0.3 is 14.4 Å². The molecule has 0 N–H and O–H groups in total. The van der Waals surface area contributed by atoms with Gasteiger partial charge in [0, 0.05) is 24.0 Å². The molecule has 6 nitrogen and oxygen atoms in total. The monoisotopic (exact) mass is 792 g/mol. The molecule has 0 aliphatic carbocycles. The highest BCUT2D eigenvalue weighted by Gasteiger charge is 2.29. The molecule has 0 aromatic rings. The molecule has 0 heterocycles. The maximum Gasteiger partial charge on any atom is 0.312 e. The maximum atomic E-state index is 13.0. The molecule has 0 aliphatic rings. The van der Waals surface area contributed by atoms with Crippen LogP contribution in [0, 0.1) is 28.6 Å². The first-order valence-corrected chi connectivity index (χ1v) is 23.9. The van der Waals surface area contributed by atoms with Crippen LogP contribution in [0.15, 0.2) is 0 Å². The normalized spacial score (nSPS) is 12.5. The molecule has 0 radical (unpaired) electrons. The van der Waals surface area contributed by atoms with Gasteiger partial charge in [-0.3, -0.25) is 14.4 Å². The van der Waals surface area contributed by atoms with Gasteiger partial charge in [0.25, 0.3) is 0 Å². The van der Waals surface area contributed by atoms with Crippen molar-refractivity contribution in [3.05, 3.63) is 0 Å². The predicted molar refractivity (Wildman–Crippen MR) is 237 cm³/mol. The highest BCUT2D eigenvalue weighted by atomic mass is 32.2. The molecule has 0 bridgehead atoms. The van der Waals surface area contributed by atoms with Crippen molar-refractivity contribution < 1.29 is 23.9 Å². The Labute approximate surface area is 345 Å². The fourth-order valence-corrected chi connectivity index (χ4v) is 8.06. The Balaban J connectivity index is 4.65. The Kier molecular flexibility index (Phi) is 33.6. The zero-order valence-electron chi connectivity index (χ0n) is 37.8. The van der Waals surface area contributed by atoms with Gasteiger partial charge in [-0.05, 0) is 98.2 Å². The van der Waals surface area contributed by atoms with Crippen molar-refractivity contribution in [2.45, 2.75) is 228 Å². The molecule has 0 spiro atoms. The standard InChI is InChI=1S/C48H89NO5S/c1-10-13-16-17-18-19-29-41-55-46(52)48(6,7)38-27-21-25-35-43(54-44(50)36-30-39-49(8)9)34-24-20-26-37-47(4,5)45(51)53-40-28-22-23-33-42(31-14-11-2)32-15-12-3/h42-43H,10-21,23-27,29-41H2,1-9H3. The van der Waals surface area contributed by atoms with E-state index < -0.39 is 5.41 Å². The van der Waals surface area contributed by atoms with Crippen LogP contribution in [0.4, 0.5) is 0 Å². The number of unbranched alkanes of at least 4 members (excludes halogenated alkanes) is 12. The number of thioether (sulfide) groups is 1. The summed E-state index contributed by atoms with van der Waals surface area (Å²) < 4.78 is 11.6. The van der Waals surface area contributed by atoms with Crippen molar-refractivity contribution >= 4 is 28.8 Å². The number of hydrogen-bond acceptors (Lipinski definition) is 7. The Bertz CT molecular complexity index is 1020. The van der Waals surface area contributed by atoms with E-state index in [4.69, 9.17) is 9.47 Å². The first kappa shape index (κ1) is 53.5. The summed E-state index contributed by atoms with van der Waals surface area (Å²) in [7, 11) is 4.04. The largest absolute Gasteiger partial charge is 0.462 e. The molecule has 0 aromatic carbocycles. The van der Waals surface area contributed by atoms with Crippen molar-refractivity contribution in [2.75, 3.05) is 33.0 Å². The Morgan fingerprint density at radius 3 is 1.75 bits per heavy atom. The van der Waals surface area contributed by atoms with Gasteiger partial charge in [-0.1, -0.05) is 161 Å². The second-order valence-corrected chi connectivity index (χ2v) is 18.9. The van der Waals surface area contributed by atoms with Crippen LogP contribution in [0.5, 0.6) is 0 Å². The molecular weight excluding hydrogens is 703 g/mol. The van der Waals surface area contributed by atoms with Crippen LogP contribution in [0.2, 0.25) is 0 Å². The van der Waals surface area contributed by atoms with E-state index in [0.717, 1.165) is 108 Å². The first-order chi connectivity index (χ1) is 26.3. The fraction of sp³-hybridized carbons (Fsp3) is 0.896. The van der Waals surface area contributed by atoms with E-state index in [9.17, 15) is 14.4 Å². The molecule has 1 unspecified atom stereocenters. The highest BCUT2D eigenvalue weighted by Crippen LogP contribution is 2.31. The van der Waals surface area contributed by atoms with Gasteiger partial charge in [-0.2, -0.15) is 0 Å². The number of carbonyl (C=O) groups is 3. The molecule has 0 aliphatic heterocycles. The second-order valence-electron chi connectivity index (χ2n) is 17.9. The number of ether oxygens (including phenoxy) is 2. The predicted octanol–water partition coefficient (Wildman–Crippen LogP) is 13.5. The average molecular weight is 792 g/mol. The van der Waals surface area contributed by atoms with E-state index in [1.807, 2.05) is 27.9 Å². The van der Waals surface area contributed by atoms with E-state index in [1.54, 1.807) is 0 Å². The lowest BCUT2D eigenvalue weighted by Gasteiger charge is -2.23. The van der Waals surface area contributed by atoms with Crippen molar-refractivity contribution in [3.8, 4) is 11.8 Å². The molecule has 1 atom stereocenters. The molecule has 0 aromatic heterocycles. The van der Waals surface area contributed by atoms with Gasteiger partial charge >= 0.3 is 11.9 Å². The average Bonchev–Trinajstić information content (AvgIpc) is 3.13. The van der Waals surface area contributed by atoms with Crippen LogP contribution >= 0.6 is 11.8 Å². The topological polar surface area (TPSA) is 72.9 Å². The van der Waals surface area contributed by atoms with Gasteiger partial charge in [0.05, 0.1) is 5.41 Å². The fourth-order valence-electron chi connectivity index (χ4n) is 7.03. The van der Waals surface area contributed by atoms with Gasteiger partial charge in [0.2, 0.25) is 0 Å². The molecule has 55 heavy (non-hydrogen) atoms. The number of nitrogens with zero attached hydrogens (tertiary/aromatic N) is 1. The number of rotatable bonds is 36.